The van der Waals surface area contributed by atoms with Crippen molar-refractivity contribution >= 4 is 21.9 Å². The number of hydrogen-bond acceptors (Lipinski definition) is 4. The molecule has 0 aromatic heterocycles. The fourth-order valence-electron chi connectivity index (χ4n) is 1.60. The van der Waals surface area contributed by atoms with Crippen LogP contribution in [0.15, 0.2) is 29.2 Å². The topological polar surface area (TPSA) is 118 Å². The van der Waals surface area contributed by atoms with E-state index in [4.69, 9.17) is 10.8 Å². The van der Waals surface area contributed by atoms with Gasteiger partial charge in [-0.05, 0) is 38.1 Å². The van der Waals surface area contributed by atoms with Crippen molar-refractivity contribution in [2.75, 3.05) is 6.54 Å². The fraction of sp³-hybridized carbons (Fsp3) is 0.333. The molecule has 8 heteroatoms. The second-order valence-electron chi connectivity index (χ2n) is 4.43. The van der Waals surface area contributed by atoms with Gasteiger partial charge in [-0.25, -0.2) is 8.42 Å². The van der Waals surface area contributed by atoms with Gasteiger partial charge in [0.25, 0.3) is 0 Å². The monoisotopic (exact) mass is 300 g/mol. The smallest absolute Gasteiger partial charge is 0.318 e. The van der Waals surface area contributed by atoms with E-state index < -0.39 is 34.5 Å². The van der Waals surface area contributed by atoms with Gasteiger partial charge < -0.3 is 10.8 Å². The highest BCUT2D eigenvalue weighted by Gasteiger charge is 2.28. The number of carbonyl (C=O) groups excluding carboxylic acids is 1. The average Bonchev–Trinajstić information content (AvgIpc) is 2.35. The highest BCUT2D eigenvalue weighted by molar-refractivity contribution is 7.89. The zero-order chi connectivity index (χ0) is 15.5. The summed E-state index contributed by atoms with van der Waals surface area (Å²) in [5, 5.41) is 8.79. The number of nitrogens with zero attached hydrogens (tertiary/aromatic N) is 1. The summed E-state index contributed by atoms with van der Waals surface area (Å²) in [6.07, 6.45) is 0. The number of hydrogen-bond donors (Lipinski definition) is 2. The van der Waals surface area contributed by atoms with E-state index >= 15 is 0 Å². The predicted octanol–water partition coefficient (Wildman–Crippen LogP) is 0.269. The summed E-state index contributed by atoms with van der Waals surface area (Å²) in [5.41, 5.74) is 5.25. The lowest BCUT2D eigenvalue weighted by atomic mass is 10.2. The molecule has 1 amide bonds. The minimum absolute atomic E-state index is 0.0857. The van der Waals surface area contributed by atoms with E-state index in [0.29, 0.717) is 0 Å². The first-order valence-corrected chi connectivity index (χ1v) is 7.23. The molecule has 0 fully saturated rings. The van der Waals surface area contributed by atoms with Crippen LogP contribution >= 0.6 is 0 Å². The Bertz CT molecular complexity index is 607. The first kappa shape index (κ1) is 16.1. The van der Waals surface area contributed by atoms with Crippen LogP contribution in [0.4, 0.5) is 0 Å². The van der Waals surface area contributed by atoms with Crippen molar-refractivity contribution in [2.45, 2.75) is 24.8 Å². The lowest BCUT2D eigenvalue weighted by Crippen LogP contribution is -2.40. The minimum Gasteiger partial charge on any atom is -0.480 e. The van der Waals surface area contributed by atoms with Crippen molar-refractivity contribution in [3.63, 3.8) is 0 Å². The minimum atomic E-state index is -3.94. The summed E-state index contributed by atoms with van der Waals surface area (Å²) in [5.74, 6) is -1.91. The summed E-state index contributed by atoms with van der Waals surface area (Å²) in [7, 11) is -3.94. The molecule has 3 N–H and O–H groups in total. The largest absolute Gasteiger partial charge is 0.480 e. The molecular formula is C12H16N2O5S. The van der Waals surface area contributed by atoms with E-state index in [9.17, 15) is 18.0 Å². The zero-order valence-electron chi connectivity index (χ0n) is 11.1. The SMILES string of the molecule is CC(C)N(CC(=O)O)S(=O)(=O)c1ccc(C(N)=O)cc1. The maximum absolute atomic E-state index is 12.3. The van der Waals surface area contributed by atoms with Crippen LogP contribution in [0.3, 0.4) is 0 Å². The third-order valence-corrected chi connectivity index (χ3v) is 4.65. The number of nitrogens with two attached hydrogens (primary N) is 1. The Morgan fingerprint density at radius 3 is 2.10 bits per heavy atom. The highest BCUT2D eigenvalue weighted by atomic mass is 32.2. The molecule has 1 rings (SSSR count). The van der Waals surface area contributed by atoms with Gasteiger partial charge in [-0.1, -0.05) is 0 Å². The van der Waals surface area contributed by atoms with Gasteiger partial charge >= 0.3 is 5.97 Å². The Hall–Kier alpha value is -1.93. The predicted molar refractivity (Wildman–Crippen MR) is 71.6 cm³/mol. The molecule has 0 bridgehead atoms. The van der Waals surface area contributed by atoms with Gasteiger partial charge in [0.1, 0.15) is 6.54 Å². The van der Waals surface area contributed by atoms with Crippen molar-refractivity contribution < 1.29 is 23.1 Å². The molecule has 0 aliphatic carbocycles. The first-order valence-electron chi connectivity index (χ1n) is 5.79. The number of amides is 1. The van der Waals surface area contributed by atoms with E-state index in [2.05, 4.69) is 0 Å². The number of sulfonamides is 1. The van der Waals surface area contributed by atoms with Crippen LogP contribution < -0.4 is 5.73 Å². The number of benzene rings is 1. The van der Waals surface area contributed by atoms with E-state index in [1.54, 1.807) is 13.8 Å². The Morgan fingerprint density at radius 1 is 1.25 bits per heavy atom. The van der Waals surface area contributed by atoms with Gasteiger partial charge in [0.2, 0.25) is 15.9 Å². The van der Waals surface area contributed by atoms with Crippen LogP contribution in [0.25, 0.3) is 0 Å². The van der Waals surface area contributed by atoms with Crippen LogP contribution in [0.5, 0.6) is 0 Å². The molecule has 0 radical (unpaired) electrons. The molecule has 1 aromatic rings. The van der Waals surface area contributed by atoms with Crippen LogP contribution in [0.2, 0.25) is 0 Å². The molecule has 0 saturated carbocycles. The molecule has 0 aliphatic rings. The molecule has 0 saturated heterocycles. The van der Waals surface area contributed by atoms with Crippen LogP contribution in [0.1, 0.15) is 24.2 Å². The Morgan fingerprint density at radius 2 is 1.75 bits per heavy atom. The normalized spacial score (nSPS) is 11.8. The number of primary amides is 1. The molecule has 0 unspecified atom stereocenters. The van der Waals surface area contributed by atoms with E-state index in [0.717, 1.165) is 4.31 Å². The maximum atomic E-state index is 12.3. The molecule has 0 atom stereocenters. The molecule has 7 nitrogen and oxygen atoms in total. The average molecular weight is 300 g/mol. The number of aliphatic carboxylic acids is 1. The second kappa shape index (κ2) is 6.02. The number of rotatable bonds is 6. The number of carboxylic acid groups (broad SMARTS) is 1. The molecule has 0 aliphatic heterocycles. The van der Waals surface area contributed by atoms with Crippen molar-refractivity contribution in [1.29, 1.82) is 0 Å². The van der Waals surface area contributed by atoms with Gasteiger partial charge in [0.05, 0.1) is 4.90 Å². The van der Waals surface area contributed by atoms with Crippen molar-refractivity contribution in [3.05, 3.63) is 29.8 Å². The van der Waals surface area contributed by atoms with Crippen molar-refractivity contribution in [2.24, 2.45) is 5.73 Å². The lowest BCUT2D eigenvalue weighted by Gasteiger charge is -2.24. The van der Waals surface area contributed by atoms with Crippen molar-refractivity contribution in [3.8, 4) is 0 Å². The van der Waals surface area contributed by atoms with Gasteiger partial charge in [-0.3, -0.25) is 9.59 Å². The van der Waals surface area contributed by atoms with Gasteiger partial charge in [-0.2, -0.15) is 4.31 Å². The lowest BCUT2D eigenvalue weighted by molar-refractivity contribution is -0.137. The van der Waals surface area contributed by atoms with Crippen LogP contribution in [-0.4, -0.2) is 42.3 Å². The van der Waals surface area contributed by atoms with Gasteiger partial charge in [-0.15, -0.1) is 0 Å². The Kier molecular flexibility index (Phi) is 4.85. The zero-order valence-corrected chi connectivity index (χ0v) is 11.9. The number of carbonyl (C=O) groups is 2. The maximum Gasteiger partial charge on any atom is 0.318 e. The third kappa shape index (κ3) is 3.55. The van der Waals surface area contributed by atoms with Gasteiger partial charge in [0.15, 0.2) is 0 Å². The summed E-state index contributed by atoms with van der Waals surface area (Å²) in [4.78, 5) is 21.6. The Labute approximate surface area is 117 Å². The van der Waals surface area contributed by atoms with Gasteiger partial charge in [0, 0.05) is 11.6 Å². The quantitative estimate of drug-likeness (QED) is 0.781. The first-order chi connectivity index (χ1) is 9.16. The second-order valence-corrected chi connectivity index (χ2v) is 6.32. The number of carboxylic acids is 1. The summed E-state index contributed by atoms with van der Waals surface area (Å²) in [6, 6.07) is 4.52. The Balaban J connectivity index is 3.19. The van der Waals surface area contributed by atoms with E-state index in [1.807, 2.05) is 0 Å². The van der Waals surface area contributed by atoms with E-state index in [1.165, 1.54) is 24.3 Å². The van der Waals surface area contributed by atoms with E-state index in [-0.39, 0.29) is 10.5 Å². The molecule has 0 heterocycles. The van der Waals surface area contributed by atoms with Crippen LogP contribution in [-0.2, 0) is 14.8 Å². The molecule has 110 valence electrons. The summed E-state index contributed by atoms with van der Waals surface area (Å²) < 4.78 is 25.5. The fourth-order valence-corrected chi connectivity index (χ4v) is 3.19. The standard InChI is InChI=1S/C12H16N2O5S/c1-8(2)14(7-11(15)16)20(18,19)10-5-3-9(4-6-10)12(13)17/h3-6,8H,7H2,1-2H3,(H2,13,17)(H,15,16). The third-order valence-electron chi connectivity index (χ3n) is 2.61. The summed E-state index contributed by atoms with van der Waals surface area (Å²) in [6.45, 7) is 2.54. The summed E-state index contributed by atoms with van der Waals surface area (Å²) >= 11 is 0. The molecule has 0 spiro atoms. The van der Waals surface area contributed by atoms with Crippen molar-refractivity contribution in [1.82, 2.24) is 4.31 Å². The molecule has 1 aromatic carbocycles. The molecule has 20 heavy (non-hydrogen) atoms. The highest BCUT2D eigenvalue weighted by Crippen LogP contribution is 2.18. The van der Waals surface area contributed by atoms with Crippen LogP contribution in [0, 0.1) is 0 Å². The molecular weight excluding hydrogens is 284 g/mol.